The van der Waals surface area contributed by atoms with Crippen LogP contribution in [0.1, 0.15) is 27.2 Å². The second-order valence-corrected chi connectivity index (χ2v) is 10.4. The number of anilines is 3. The van der Waals surface area contributed by atoms with Crippen molar-refractivity contribution >= 4 is 40.6 Å². The van der Waals surface area contributed by atoms with Crippen molar-refractivity contribution in [3.8, 4) is 0 Å². The van der Waals surface area contributed by atoms with Gasteiger partial charge in [-0.15, -0.1) is 6.58 Å². The zero-order chi connectivity index (χ0) is 27.6. The Morgan fingerprint density at radius 3 is 2.67 bits per heavy atom. The van der Waals surface area contributed by atoms with Gasteiger partial charge < -0.3 is 15.5 Å². The van der Waals surface area contributed by atoms with Gasteiger partial charge in [0.15, 0.2) is 11.5 Å². The molecule has 2 fully saturated rings. The second kappa shape index (κ2) is 10.9. The molecule has 0 radical (unpaired) electrons. The summed E-state index contributed by atoms with van der Waals surface area (Å²) in [6, 6.07) is 8.08. The fourth-order valence-electron chi connectivity index (χ4n) is 5.09. The lowest BCUT2D eigenvalue weighted by atomic mass is 9.81. The van der Waals surface area contributed by atoms with Gasteiger partial charge in [0.05, 0.1) is 6.54 Å². The Labute approximate surface area is 227 Å². The van der Waals surface area contributed by atoms with E-state index < -0.39 is 0 Å². The third-order valence-electron chi connectivity index (χ3n) is 7.29. The molecule has 2 saturated heterocycles. The molecule has 11 heteroatoms. The first-order valence-electron chi connectivity index (χ1n) is 13.3. The van der Waals surface area contributed by atoms with Crippen LogP contribution in [0.15, 0.2) is 65.2 Å². The van der Waals surface area contributed by atoms with Crippen molar-refractivity contribution in [3.05, 3.63) is 65.6 Å². The van der Waals surface area contributed by atoms with E-state index >= 15 is 0 Å². The van der Waals surface area contributed by atoms with Crippen LogP contribution in [0.3, 0.4) is 0 Å². The summed E-state index contributed by atoms with van der Waals surface area (Å²) >= 11 is 0. The lowest BCUT2D eigenvalue weighted by Gasteiger charge is -2.39. The molecule has 39 heavy (non-hydrogen) atoms. The molecule has 5 rings (SSSR count). The van der Waals surface area contributed by atoms with Crippen molar-refractivity contribution in [1.29, 1.82) is 0 Å². The van der Waals surface area contributed by atoms with Crippen LogP contribution in [0.2, 0.25) is 0 Å². The van der Waals surface area contributed by atoms with Gasteiger partial charge in [-0.25, -0.2) is 19.4 Å². The molecule has 4 heterocycles. The number of hydrazone groups is 1. The van der Waals surface area contributed by atoms with Crippen LogP contribution >= 0.6 is 0 Å². The average Bonchev–Trinajstić information content (AvgIpc) is 3.48. The Morgan fingerprint density at radius 2 is 2.08 bits per heavy atom. The van der Waals surface area contributed by atoms with Crippen LogP contribution in [0.4, 0.5) is 17.3 Å². The van der Waals surface area contributed by atoms with Gasteiger partial charge in [0.1, 0.15) is 5.39 Å². The number of amides is 1. The van der Waals surface area contributed by atoms with Gasteiger partial charge in [0.2, 0.25) is 12.4 Å². The highest BCUT2D eigenvalue weighted by molar-refractivity contribution is 5.99. The van der Waals surface area contributed by atoms with E-state index in [-0.39, 0.29) is 18.1 Å². The summed E-state index contributed by atoms with van der Waals surface area (Å²) < 4.78 is 3.08. The Morgan fingerprint density at radius 1 is 1.31 bits per heavy atom. The van der Waals surface area contributed by atoms with Gasteiger partial charge in [-0.3, -0.25) is 9.59 Å². The van der Waals surface area contributed by atoms with Crippen molar-refractivity contribution in [2.45, 2.75) is 39.8 Å². The van der Waals surface area contributed by atoms with E-state index in [1.54, 1.807) is 22.9 Å². The number of benzene rings is 1. The maximum absolute atomic E-state index is 13.3. The Bertz CT molecular complexity index is 1480. The topological polar surface area (TPSA) is 113 Å². The van der Waals surface area contributed by atoms with Gasteiger partial charge in [0, 0.05) is 55.2 Å². The van der Waals surface area contributed by atoms with Crippen molar-refractivity contribution in [3.63, 3.8) is 0 Å². The van der Waals surface area contributed by atoms with Crippen LogP contribution < -0.4 is 21.1 Å². The maximum atomic E-state index is 13.3. The summed E-state index contributed by atoms with van der Waals surface area (Å²) in [6.07, 6.45) is 8.55. The SMILES string of the molecule is C=CCn1c(=O)c2cnc(Nc3ccc(N4CCC5(CNC5)C4)cc3)nc2n1C(/C=C\C)=N/N(C=O)C(C)C. The molecule has 11 nitrogen and oxygen atoms in total. The molecule has 0 unspecified atom stereocenters. The fraction of sp³-hybridized carbons (Fsp3) is 0.393. The molecule has 2 aromatic heterocycles. The largest absolute Gasteiger partial charge is 0.371 e. The van der Waals surface area contributed by atoms with E-state index in [9.17, 15) is 9.59 Å². The smallest absolute Gasteiger partial charge is 0.278 e. The minimum absolute atomic E-state index is 0.171. The van der Waals surface area contributed by atoms with Crippen molar-refractivity contribution in [2.75, 3.05) is 36.4 Å². The van der Waals surface area contributed by atoms with E-state index in [1.165, 1.54) is 28.0 Å². The average molecular weight is 530 g/mol. The molecule has 0 bridgehead atoms. The van der Waals surface area contributed by atoms with Crippen LogP contribution in [0.25, 0.3) is 11.0 Å². The molecular formula is C28H35N9O2. The standard InChI is InChI=1S/C28H35N9O2/c1-5-7-24(33-35(19-38)20(3)4)37-25-23(26(39)36(37)13-6-2)15-30-27(32-25)31-21-8-10-22(11-9-21)34-14-12-28(18-34)16-29-17-28/h5-11,15,19-20,29H,2,12-14,16-18H2,1,3-4H3,(H,30,31,32)/b7-5-,33-24+. The van der Waals surface area contributed by atoms with Gasteiger partial charge in [-0.2, -0.15) is 10.1 Å². The highest BCUT2D eigenvalue weighted by Gasteiger charge is 2.42. The monoisotopic (exact) mass is 529 g/mol. The van der Waals surface area contributed by atoms with Gasteiger partial charge >= 0.3 is 0 Å². The molecule has 0 aliphatic carbocycles. The number of fused-ring (bicyclic) bond motifs is 1. The van der Waals surface area contributed by atoms with Gasteiger partial charge in [0.25, 0.3) is 5.56 Å². The van der Waals surface area contributed by atoms with Crippen LogP contribution in [-0.2, 0) is 11.3 Å². The third-order valence-corrected chi connectivity index (χ3v) is 7.29. The molecule has 2 aliphatic rings. The molecule has 1 spiro atoms. The normalized spacial score (nSPS) is 16.8. The highest BCUT2D eigenvalue weighted by Crippen LogP contribution is 2.36. The fourth-order valence-corrected chi connectivity index (χ4v) is 5.09. The van der Waals surface area contributed by atoms with E-state index in [0.717, 1.165) is 31.9 Å². The van der Waals surface area contributed by atoms with Crippen LogP contribution in [0.5, 0.6) is 0 Å². The van der Waals surface area contributed by atoms with Crippen molar-refractivity contribution < 1.29 is 4.79 Å². The number of hydrogen-bond acceptors (Lipinski definition) is 8. The van der Waals surface area contributed by atoms with Crippen molar-refractivity contribution in [2.24, 2.45) is 10.5 Å². The lowest BCUT2D eigenvalue weighted by Crippen LogP contribution is -2.54. The predicted octanol–water partition coefficient (Wildman–Crippen LogP) is 2.93. The molecule has 0 atom stereocenters. The Balaban J connectivity index is 1.48. The molecule has 3 aromatic rings. The number of allylic oxidation sites excluding steroid dienone is 3. The number of nitrogens with zero attached hydrogens (tertiary/aromatic N) is 7. The summed E-state index contributed by atoms with van der Waals surface area (Å²) in [6.45, 7) is 13.9. The first-order chi connectivity index (χ1) is 18.9. The minimum Gasteiger partial charge on any atom is -0.371 e. The van der Waals surface area contributed by atoms with Gasteiger partial charge in [-0.05, 0) is 57.5 Å². The van der Waals surface area contributed by atoms with E-state index in [4.69, 9.17) is 4.98 Å². The third kappa shape index (κ3) is 5.09. The van der Waals surface area contributed by atoms with Gasteiger partial charge in [-0.1, -0.05) is 12.2 Å². The molecule has 0 saturated carbocycles. The Kier molecular flexibility index (Phi) is 7.34. The van der Waals surface area contributed by atoms with Crippen molar-refractivity contribution in [1.82, 2.24) is 29.7 Å². The molecule has 2 N–H and O–H groups in total. The van der Waals surface area contributed by atoms with E-state index in [2.05, 4.69) is 44.3 Å². The number of hydrogen-bond donors (Lipinski definition) is 2. The quantitative estimate of drug-likeness (QED) is 0.144. The number of carbonyl (C=O) groups is 1. The first-order valence-corrected chi connectivity index (χ1v) is 13.3. The predicted molar refractivity (Wildman–Crippen MR) is 155 cm³/mol. The maximum Gasteiger partial charge on any atom is 0.278 e. The zero-order valence-corrected chi connectivity index (χ0v) is 22.7. The Hall–Kier alpha value is -4.25. The zero-order valence-electron chi connectivity index (χ0n) is 22.7. The molecule has 1 aromatic carbocycles. The summed E-state index contributed by atoms with van der Waals surface area (Å²) in [5.41, 5.74) is 2.58. The molecule has 1 amide bonds. The summed E-state index contributed by atoms with van der Waals surface area (Å²) in [5, 5.41) is 12.8. The van der Waals surface area contributed by atoms with Crippen LogP contribution in [-0.4, -0.2) is 68.8 Å². The van der Waals surface area contributed by atoms with E-state index in [1.807, 2.05) is 32.9 Å². The number of nitrogens with one attached hydrogen (secondary N) is 2. The summed E-state index contributed by atoms with van der Waals surface area (Å²) in [4.78, 5) is 36.5. The summed E-state index contributed by atoms with van der Waals surface area (Å²) in [5.74, 6) is 0.711. The molecule has 204 valence electrons. The number of rotatable bonds is 9. The minimum atomic E-state index is -0.273. The highest BCUT2D eigenvalue weighted by atomic mass is 16.1. The lowest BCUT2D eigenvalue weighted by molar-refractivity contribution is -0.119. The number of carbonyl (C=O) groups excluding carboxylic acids is 1. The number of aromatic nitrogens is 4. The molecular weight excluding hydrogens is 494 g/mol. The second-order valence-electron chi connectivity index (χ2n) is 10.4. The van der Waals surface area contributed by atoms with Crippen LogP contribution in [0, 0.1) is 5.41 Å². The van der Waals surface area contributed by atoms with E-state index in [0.29, 0.717) is 34.6 Å². The molecule has 2 aliphatic heterocycles. The summed E-state index contributed by atoms with van der Waals surface area (Å²) in [7, 11) is 0. The first kappa shape index (κ1) is 26.4.